The van der Waals surface area contributed by atoms with Gasteiger partial charge in [-0.3, -0.25) is 0 Å². The fourth-order valence-corrected chi connectivity index (χ4v) is 2.61. The summed E-state index contributed by atoms with van der Waals surface area (Å²) >= 11 is 0. The summed E-state index contributed by atoms with van der Waals surface area (Å²) in [5.74, 6) is 0. The van der Waals surface area contributed by atoms with Gasteiger partial charge in [0.15, 0.2) is 0 Å². The van der Waals surface area contributed by atoms with Crippen molar-refractivity contribution in [1.29, 1.82) is 0 Å². The summed E-state index contributed by atoms with van der Waals surface area (Å²) < 4.78 is 0. The number of nitrogens with one attached hydrogen (secondary N) is 1. The van der Waals surface area contributed by atoms with Crippen molar-refractivity contribution < 1.29 is 0 Å². The van der Waals surface area contributed by atoms with Crippen molar-refractivity contribution in [3.63, 3.8) is 0 Å². The SMILES string of the molecule is CCN(CC1(C)CCNC1)c1ccc(C)cc1. The van der Waals surface area contributed by atoms with E-state index in [1.165, 1.54) is 24.2 Å². The molecule has 1 atom stereocenters. The highest BCUT2D eigenvalue weighted by atomic mass is 15.1. The summed E-state index contributed by atoms with van der Waals surface area (Å²) in [5, 5.41) is 3.48. The van der Waals surface area contributed by atoms with E-state index in [-0.39, 0.29) is 0 Å². The van der Waals surface area contributed by atoms with Crippen LogP contribution >= 0.6 is 0 Å². The predicted molar refractivity (Wildman–Crippen MR) is 74.7 cm³/mol. The minimum absolute atomic E-state index is 0.431. The lowest BCUT2D eigenvalue weighted by Gasteiger charge is -2.33. The van der Waals surface area contributed by atoms with E-state index in [2.05, 4.69) is 55.3 Å². The molecule has 2 heteroatoms. The molecule has 0 bridgehead atoms. The van der Waals surface area contributed by atoms with E-state index in [9.17, 15) is 0 Å². The molecule has 1 aliphatic rings. The summed E-state index contributed by atoms with van der Waals surface area (Å²) in [7, 11) is 0. The third-order valence-electron chi connectivity index (χ3n) is 3.81. The van der Waals surface area contributed by atoms with Gasteiger partial charge in [-0.1, -0.05) is 24.6 Å². The Kier molecular flexibility index (Phi) is 3.72. The Hall–Kier alpha value is -1.02. The fourth-order valence-electron chi connectivity index (χ4n) is 2.61. The molecular weight excluding hydrogens is 208 g/mol. The van der Waals surface area contributed by atoms with E-state index in [4.69, 9.17) is 0 Å². The van der Waals surface area contributed by atoms with Crippen molar-refractivity contribution >= 4 is 5.69 Å². The Morgan fingerprint density at radius 1 is 1.29 bits per heavy atom. The highest BCUT2D eigenvalue weighted by Crippen LogP contribution is 2.28. The lowest BCUT2D eigenvalue weighted by Crippen LogP contribution is -2.37. The molecule has 0 spiro atoms. The number of benzene rings is 1. The van der Waals surface area contributed by atoms with Gasteiger partial charge in [0.2, 0.25) is 0 Å². The summed E-state index contributed by atoms with van der Waals surface area (Å²) in [6, 6.07) is 8.88. The van der Waals surface area contributed by atoms with E-state index < -0.39 is 0 Å². The largest absolute Gasteiger partial charge is 0.371 e. The van der Waals surface area contributed by atoms with E-state index in [0.29, 0.717) is 5.41 Å². The van der Waals surface area contributed by atoms with Gasteiger partial charge in [-0.05, 0) is 44.4 Å². The maximum atomic E-state index is 3.48. The third-order valence-corrected chi connectivity index (χ3v) is 3.81. The number of nitrogens with zero attached hydrogens (tertiary/aromatic N) is 1. The Bertz CT molecular complexity index is 350. The molecule has 1 heterocycles. The average molecular weight is 232 g/mol. The third kappa shape index (κ3) is 3.01. The molecule has 1 aromatic carbocycles. The molecule has 0 radical (unpaired) electrons. The lowest BCUT2D eigenvalue weighted by atomic mass is 9.89. The maximum Gasteiger partial charge on any atom is 0.0366 e. The smallest absolute Gasteiger partial charge is 0.0366 e. The Morgan fingerprint density at radius 2 is 2.00 bits per heavy atom. The summed E-state index contributed by atoms with van der Waals surface area (Å²) in [6.07, 6.45) is 1.29. The van der Waals surface area contributed by atoms with Crippen molar-refractivity contribution in [1.82, 2.24) is 5.32 Å². The van der Waals surface area contributed by atoms with Crippen molar-refractivity contribution in [2.75, 3.05) is 31.1 Å². The molecule has 17 heavy (non-hydrogen) atoms. The minimum Gasteiger partial charge on any atom is -0.371 e. The van der Waals surface area contributed by atoms with Crippen LogP contribution in [-0.2, 0) is 0 Å². The van der Waals surface area contributed by atoms with Gasteiger partial charge < -0.3 is 10.2 Å². The Balaban J connectivity index is 2.08. The van der Waals surface area contributed by atoms with E-state index in [1.807, 2.05) is 0 Å². The summed E-state index contributed by atoms with van der Waals surface area (Å²) in [5.41, 5.74) is 3.12. The van der Waals surface area contributed by atoms with Crippen molar-refractivity contribution in [2.24, 2.45) is 5.41 Å². The van der Waals surface area contributed by atoms with Gasteiger partial charge in [0.1, 0.15) is 0 Å². The van der Waals surface area contributed by atoms with Crippen molar-refractivity contribution in [3.05, 3.63) is 29.8 Å². The van der Waals surface area contributed by atoms with Crippen LogP contribution in [0.3, 0.4) is 0 Å². The fraction of sp³-hybridized carbons (Fsp3) is 0.600. The molecule has 0 amide bonds. The molecule has 0 saturated carbocycles. The molecule has 94 valence electrons. The number of hydrogen-bond donors (Lipinski definition) is 1. The average Bonchev–Trinajstić information content (AvgIpc) is 2.75. The van der Waals surface area contributed by atoms with E-state index in [0.717, 1.165) is 19.6 Å². The Labute approximate surface area is 105 Å². The Morgan fingerprint density at radius 3 is 2.53 bits per heavy atom. The van der Waals surface area contributed by atoms with Crippen LogP contribution in [0, 0.1) is 12.3 Å². The molecule has 1 saturated heterocycles. The number of aryl methyl sites for hydroxylation is 1. The summed E-state index contributed by atoms with van der Waals surface area (Å²) in [6.45, 7) is 11.3. The first-order valence-electron chi connectivity index (χ1n) is 6.65. The highest BCUT2D eigenvalue weighted by molar-refractivity contribution is 5.47. The van der Waals surface area contributed by atoms with Crippen LogP contribution in [0.5, 0.6) is 0 Å². The first-order chi connectivity index (χ1) is 8.13. The van der Waals surface area contributed by atoms with Gasteiger partial charge in [0, 0.05) is 25.3 Å². The quantitative estimate of drug-likeness (QED) is 0.858. The number of rotatable bonds is 4. The van der Waals surface area contributed by atoms with Crippen LogP contribution in [-0.4, -0.2) is 26.2 Å². The van der Waals surface area contributed by atoms with Gasteiger partial charge in [0.25, 0.3) is 0 Å². The van der Waals surface area contributed by atoms with Crippen LogP contribution in [0.4, 0.5) is 5.69 Å². The minimum atomic E-state index is 0.431. The molecule has 0 aromatic heterocycles. The van der Waals surface area contributed by atoms with Crippen LogP contribution in [0.15, 0.2) is 24.3 Å². The zero-order valence-corrected chi connectivity index (χ0v) is 11.3. The first-order valence-corrected chi connectivity index (χ1v) is 6.65. The molecule has 1 unspecified atom stereocenters. The topological polar surface area (TPSA) is 15.3 Å². The molecular formula is C15H24N2. The second kappa shape index (κ2) is 5.09. The standard InChI is InChI=1S/C15H24N2/c1-4-17(12-15(3)9-10-16-11-15)14-7-5-13(2)6-8-14/h5-8,16H,4,9-12H2,1-3H3. The monoisotopic (exact) mass is 232 g/mol. The zero-order valence-electron chi connectivity index (χ0n) is 11.3. The molecule has 1 N–H and O–H groups in total. The second-order valence-electron chi connectivity index (χ2n) is 5.59. The van der Waals surface area contributed by atoms with Crippen LogP contribution in [0.25, 0.3) is 0 Å². The zero-order chi connectivity index (χ0) is 12.3. The summed E-state index contributed by atoms with van der Waals surface area (Å²) in [4.78, 5) is 2.49. The second-order valence-corrected chi connectivity index (χ2v) is 5.59. The number of hydrogen-bond acceptors (Lipinski definition) is 2. The van der Waals surface area contributed by atoms with Gasteiger partial charge >= 0.3 is 0 Å². The van der Waals surface area contributed by atoms with E-state index >= 15 is 0 Å². The van der Waals surface area contributed by atoms with Crippen molar-refractivity contribution in [3.8, 4) is 0 Å². The lowest BCUT2D eigenvalue weighted by molar-refractivity contribution is 0.366. The maximum absolute atomic E-state index is 3.48. The van der Waals surface area contributed by atoms with Crippen LogP contribution in [0.1, 0.15) is 25.8 Å². The van der Waals surface area contributed by atoms with Gasteiger partial charge in [-0.15, -0.1) is 0 Å². The molecule has 2 nitrogen and oxygen atoms in total. The van der Waals surface area contributed by atoms with Crippen LogP contribution in [0.2, 0.25) is 0 Å². The van der Waals surface area contributed by atoms with Crippen molar-refractivity contribution in [2.45, 2.75) is 27.2 Å². The molecule has 0 aliphatic carbocycles. The molecule has 1 aromatic rings. The normalized spacial score (nSPS) is 23.9. The van der Waals surface area contributed by atoms with Gasteiger partial charge in [-0.25, -0.2) is 0 Å². The molecule has 1 aliphatic heterocycles. The molecule has 2 rings (SSSR count). The predicted octanol–water partition coefficient (Wildman–Crippen LogP) is 2.82. The van der Waals surface area contributed by atoms with E-state index in [1.54, 1.807) is 0 Å². The van der Waals surface area contributed by atoms with Gasteiger partial charge in [-0.2, -0.15) is 0 Å². The highest BCUT2D eigenvalue weighted by Gasteiger charge is 2.30. The first kappa shape index (κ1) is 12.4. The number of anilines is 1. The van der Waals surface area contributed by atoms with Crippen LogP contribution < -0.4 is 10.2 Å². The molecule has 1 fully saturated rings. The van der Waals surface area contributed by atoms with Gasteiger partial charge in [0.05, 0.1) is 0 Å².